The van der Waals surface area contributed by atoms with Gasteiger partial charge in [-0.15, -0.1) is 0 Å². The Labute approximate surface area is 115 Å². The molecule has 0 aromatic heterocycles. The first-order valence-electron chi connectivity index (χ1n) is 6.78. The molecule has 0 heterocycles. The van der Waals surface area contributed by atoms with Gasteiger partial charge in [-0.3, -0.25) is 0 Å². The molecule has 2 rings (SSSR count). The van der Waals surface area contributed by atoms with E-state index in [9.17, 15) is 0 Å². The maximum Gasteiger partial charge on any atom is 0.0627 e. The molecule has 0 aliphatic carbocycles. The maximum atomic E-state index is 6.06. The molecular weight excluding hydrogens is 232 g/mol. The highest BCUT2D eigenvalue weighted by molar-refractivity contribution is 5.70. The van der Waals surface area contributed by atoms with E-state index in [0.717, 1.165) is 30.8 Å². The molecule has 2 nitrogen and oxygen atoms in total. The Morgan fingerprint density at radius 2 is 1.74 bits per heavy atom. The van der Waals surface area contributed by atoms with Crippen LogP contribution in [0.25, 0.3) is 0 Å². The molecule has 2 N–H and O–H groups in total. The zero-order valence-electron chi connectivity index (χ0n) is 11.8. The van der Waals surface area contributed by atoms with E-state index in [1.807, 2.05) is 12.1 Å². The van der Waals surface area contributed by atoms with Gasteiger partial charge in [0.2, 0.25) is 0 Å². The van der Waals surface area contributed by atoms with Gasteiger partial charge in [0, 0.05) is 13.6 Å². The maximum absolute atomic E-state index is 6.06. The molecule has 0 saturated heterocycles. The molecule has 19 heavy (non-hydrogen) atoms. The van der Waals surface area contributed by atoms with Crippen molar-refractivity contribution in [3.63, 3.8) is 0 Å². The second-order valence-electron chi connectivity index (χ2n) is 5.02. The molecule has 0 amide bonds. The van der Waals surface area contributed by atoms with E-state index in [1.54, 1.807) is 0 Å². The SMILES string of the molecule is Cc1cccc(N)c1N(C)CCCc1ccccc1. The van der Waals surface area contributed by atoms with Gasteiger partial charge >= 0.3 is 0 Å². The molecule has 0 radical (unpaired) electrons. The third-order valence-electron chi connectivity index (χ3n) is 3.45. The van der Waals surface area contributed by atoms with Gasteiger partial charge in [0.15, 0.2) is 0 Å². The third-order valence-corrected chi connectivity index (χ3v) is 3.45. The standard InChI is InChI=1S/C17H22N2/c1-14-8-6-12-16(18)17(14)19(2)13-7-11-15-9-4-3-5-10-15/h3-6,8-10,12H,7,11,13,18H2,1-2H3. The van der Waals surface area contributed by atoms with Gasteiger partial charge in [-0.2, -0.15) is 0 Å². The molecule has 0 spiro atoms. The van der Waals surface area contributed by atoms with E-state index in [4.69, 9.17) is 5.73 Å². The van der Waals surface area contributed by atoms with E-state index in [-0.39, 0.29) is 0 Å². The Morgan fingerprint density at radius 3 is 2.42 bits per heavy atom. The van der Waals surface area contributed by atoms with Crippen molar-refractivity contribution in [2.75, 3.05) is 24.2 Å². The van der Waals surface area contributed by atoms with E-state index >= 15 is 0 Å². The van der Waals surface area contributed by atoms with Crippen molar-refractivity contribution in [3.8, 4) is 0 Å². The number of hydrogen-bond acceptors (Lipinski definition) is 2. The predicted octanol–water partition coefficient (Wildman–Crippen LogP) is 3.65. The molecule has 2 aromatic rings. The number of aryl methyl sites for hydroxylation is 2. The lowest BCUT2D eigenvalue weighted by Crippen LogP contribution is -2.21. The molecule has 2 heteroatoms. The smallest absolute Gasteiger partial charge is 0.0627 e. The Hall–Kier alpha value is -1.96. The molecule has 100 valence electrons. The van der Waals surface area contributed by atoms with Gasteiger partial charge in [-0.05, 0) is 37.0 Å². The predicted molar refractivity (Wildman–Crippen MR) is 83.6 cm³/mol. The Bertz CT molecular complexity index is 500. The third kappa shape index (κ3) is 3.50. The quantitative estimate of drug-likeness (QED) is 0.825. The molecule has 0 atom stereocenters. The lowest BCUT2D eigenvalue weighted by Gasteiger charge is -2.23. The van der Waals surface area contributed by atoms with Crippen molar-refractivity contribution in [2.24, 2.45) is 0 Å². The number of hydrogen-bond donors (Lipinski definition) is 1. The monoisotopic (exact) mass is 254 g/mol. The van der Waals surface area contributed by atoms with Gasteiger partial charge in [0.05, 0.1) is 11.4 Å². The Kier molecular flexibility index (Phi) is 4.45. The van der Waals surface area contributed by atoms with Crippen molar-refractivity contribution in [1.82, 2.24) is 0 Å². The number of nitrogens with zero attached hydrogens (tertiary/aromatic N) is 1. The summed E-state index contributed by atoms with van der Waals surface area (Å²) >= 11 is 0. The Morgan fingerprint density at radius 1 is 1.00 bits per heavy atom. The van der Waals surface area contributed by atoms with Crippen LogP contribution in [0, 0.1) is 6.92 Å². The summed E-state index contributed by atoms with van der Waals surface area (Å²) in [6.07, 6.45) is 2.24. The highest BCUT2D eigenvalue weighted by Crippen LogP contribution is 2.26. The van der Waals surface area contributed by atoms with Gasteiger partial charge in [-0.1, -0.05) is 42.5 Å². The van der Waals surface area contributed by atoms with Crippen LogP contribution in [-0.4, -0.2) is 13.6 Å². The summed E-state index contributed by atoms with van der Waals surface area (Å²) in [5.74, 6) is 0. The summed E-state index contributed by atoms with van der Waals surface area (Å²) in [7, 11) is 2.11. The summed E-state index contributed by atoms with van der Waals surface area (Å²) < 4.78 is 0. The average molecular weight is 254 g/mol. The molecule has 0 fully saturated rings. The van der Waals surface area contributed by atoms with Crippen molar-refractivity contribution < 1.29 is 0 Å². The second kappa shape index (κ2) is 6.28. The number of benzene rings is 2. The number of para-hydroxylation sites is 1. The fourth-order valence-corrected chi connectivity index (χ4v) is 2.48. The van der Waals surface area contributed by atoms with Crippen LogP contribution in [0.3, 0.4) is 0 Å². The van der Waals surface area contributed by atoms with Crippen LogP contribution >= 0.6 is 0 Å². The van der Waals surface area contributed by atoms with E-state index in [1.165, 1.54) is 11.1 Å². The lowest BCUT2D eigenvalue weighted by atomic mass is 10.1. The van der Waals surface area contributed by atoms with Crippen LogP contribution in [0.4, 0.5) is 11.4 Å². The van der Waals surface area contributed by atoms with E-state index < -0.39 is 0 Å². The van der Waals surface area contributed by atoms with E-state index in [0.29, 0.717) is 0 Å². The van der Waals surface area contributed by atoms with Crippen molar-refractivity contribution in [2.45, 2.75) is 19.8 Å². The summed E-state index contributed by atoms with van der Waals surface area (Å²) in [5.41, 5.74) is 10.7. The second-order valence-corrected chi connectivity index (χ2v) is 5.02. The largest absolute Gasteiger partial charge is 0.397 e. The zero-order valence-corrected chi connectivity index (χ0v) is 11.8. The first-order chi connectivity index (χ1) is 9.18. The summed E-state index contributed by atoms with van der Waals surface area (Å²) in [4.78, 5) is 2.26. The van der Waals surface area contributed by atoms with Gasteiger partial charge in [0.1, 0.15) is 0 Å². The van der Waals surface area contributed by atoms with Gasteiger partial charge in [-0.25, -0.2) is 0 Å². The Balaban J connectivity index is 1.93. The normalized spacial score (nSPS) is 10.4. The van der Waals surface area contributed by atoms with Crippen LogP contribution in [-0.2, 0) is 6.42 Å². The van der Waals surface area contributed by atoms with Crippen LogP contribution in [0.5, 0.6) is 0 Å². The van der Waals surface area contributed by atoms with Crippen molar-refractivity contribution >= 4 is 11.4 Å². The van der Waals surface area contributed by atoms with Crippen LogP contribution in [0.15, 0.2) is 48.5 Å². The van der Waals surface area contributed by atoms with Crippen molar-refractivity contribution in [1.29, 1.82) is 0 Å². The van der Waals surface area contributed by atoms with Gasteiger partial charge in [0.25, 0.3) is 0 Å². The number of anilines is 2. The first-order valence-corrected chi connectivity index (χ1v) is 6.78. The number of rotatable bonds is 5. The summed E-state index contributed by atoms with van der Waals surface area (Å²) in [5, 5.41) is 0. The van der Waals surface area contributed by atoms with Crippen molar-refractivity contribution in [3.05, 3.63) is 59.7 Å². The summed E-state index contributed by atoms with van der Waals surface area (Å²) in [6.45, 7) is 3.13. The molecule has 0 aliphatic heterocycles. The van der Waals surface area contributed by atoms with Crippen LogP contribution < -0.4 is 10.6 Å². The lowest BCUT2D eigenvalue weighted by molar-refractivity contribution is 0.785. The number of nitrogen functional groups attached to an aromatic ring is 1. The van der Waals surface area contributed by atoms with Crippen LogP contribution in [0.2, 0.25) is 0 Å². The molecule has 0 aliphatic rings. The first kappa shape index (κ1) is 13.5. The minimum Gasteiger partial charge on any atom is -0.397 e. The van der Waals surface area contributed by atoms with Gasteiger partial charge < -0.3 is 10.6 Å². The topological polar surface area (TPSA) is 29.3 Å². The zero-order chi connectivity index (χ0) is 13.7. The highest BCUT2D eigenvalue weighted by atomic mass is 15.1. The van der Waals surface area contributed by atoms with E-state index in [2.05, 4.69) is 55.3 Å². The fraction of sp³-hybridized carbons (Fsp3) is 0.294. The molecule has 0 saturated carbocycles. The fourth-order valence-electron chi connectivity index (χ4n) is 2.48. The minimum atomic E-state index is 0.863. The molecule has 0 bridgehead atoms. The van der Waals surface area contributed by atoms with Crippen LogP contribution in [0.1, 0.15) is 17.5 Å². The highest BCUT2D eigenvalue weighted by Gasteiger charge is 2.07. The average Bonchev–Trinajstić information content (AvgIpc) is 2.40. The minimum absolute atomic E-state index is 0.863. The molecule has 0 unspecified atom stereocenters. The summed E-state index contributed by atoms with van der Waals surface area (Å²) in [6, 6.07) is 16.7. The molecular formula is C17H22N2. The molecule has 2 aromatic carbocycles. The number of nitrogens with two attached hydrogens (primary N) is 1.